The van der Waals surface area contributed by atoms with Crippen LogP contribution in [-0.4, -0.2) is 11.7 Å². The van der Waals surface area contributed by atoms with E-state index < -0.39 is 11.7 Å². The molecule has 0 bridgehead atoms. The number of ether oxygens (including phenoxy) is 1. The standard InChI is InChI=1S/C15H12F3NO2/c16-15(17,18)9-1-3-10(4-2-9)19-13-8-21-14-7-11(20)5-6-12(13)14/h1-7,13,19-20H,8H2. The van der Waals surface area contributed by atoms with Gasteiger partial charge in [0.2, 0.25) is 0 Å². The normalized spacial score (nSPS) is 17.2. The van der Waals surface area contributed by atoms with Gasteiger partial charge in [0, 0.05) is 17.3 Å². The summed E-state index contributed by atoms with van der Waals surface area (Å²) in [5.41, 5.74) is 0.770. The number of fused-ring (bicyclic) bond motifs is 1. The van der Waals surface area contributed by atoms with Crippen LogP contribution in [0.4, 0.5) is 18.9 Å². The Morgan fingerprint density at radius 1 is 1.10 bits per heavy atom. The summed E-state index contributed by atoms with van der Waals surface area (Å²) in [6.45, 7) is 0.361. The number of halogens is 3. The number of alkyl halides is 3. The molecule has 110 valence electrons. The molecular formula is C15H12F3NO2. The summed E-state index contributed by atoms with van der Waals surface area (Å²) in [7, 11) is 0. The molecule has 0 aliphatic carbocycles. The minimum absolute atomic E-state index is 0.115. The van der Waals surface area contributed by atoms with Crippen molar-refractivity contribution >= 4 is 5.69 Å². The van der Waals surface area contributed by atoms with Crippen LogP contribution < -0.4 is 10.1 Å². The van der Waals surface area contributed by atoms with Gasteiger partial charge in [0.05, 0.1) is 11.6 Å². The molecule has 1 heterocycles. The summed E-state index contributed by atoms with van der Waals surface area (Å²) in [5, 5.41) is 12.5. The van der Waals surface area contributed by atoms with E-state index in [4.69, 9.17) is 4.74 Å². The van der Waals surface area contributed by atoms with Crippen LogP contribution in [0.25, 0.3) is 0 Å². The number of anilines is 1. The number of nitrogens with one attached hydrogen (secondary N) is 1. The van der Waals surface area contributed by atoms with Crippen LogP contribution in [-0.2, 0) is 6.18 Å². The fourth-order valence-corrected chi connectivity index (χ4v) is 2.27. The number of aromatic hydroxyl groups is 1. The lowest BCUT2D eigenvalue weighted by atomic mass is 10.1. The SMILES string of the molecule is Oc1ccc2c(c1)OCC2Nc1ccc(C(F)(F)F)cc1. The van der Waals surface area contributed by atoms with Crippen molar-refractivity contribution in [1.29, 1.82) is 0 Å². The highest BCUT2D eigenvalue weighted by molar-refractivity contribution is 5.52. The smallest absolute Gasteiger partial charge is 0.416 e. The third kappa shape index (κ3) is 2.74. The van der Waals surface area contributed by atoms with Crippen LogP contribution in [0.3, 0.4) is 0 Å². The van der Waals surface area contributed by atoms with E-state index in [1.165, 1.54) is 18.2 Å². The molecule has 0 amide bonds. The van der Waals surface area contributed by atoms with Crippen LogP contribution >= 0.6 is 0 Å². The molecule has 0 radical (unpaired) electrons. The number of phenolic OH excluding ortho intramolecular Hbond substituents is 1. The number of rotatable bonds is 2. The van der Waals surface area contributed by atoms with E-state index in [0.29, 0.717) is 18.0 Å². The Kier molecular flexibility index (Phi) is 3.16. The molecule has 2 aromatic carbocycles. The third-order valence-electron chi connectivity index (χ3n) is 3.33. The molecule has 3 rings (SSSR count). The Labute approximate surface area is 119 Å². The second-order valence-corrected chi connectivity index (χ2v) is 4.81. The first-order valence-electron chi connectivity index (χ1n) is 6.33. The van der Waals surface area contributed by atoms with Gasteiger partial charge in [0.1, 0.15) is 18.1 Å². The fraction of sp³-hybridized carbons (Fsp3) is 0.200. The van der Waals surface area contributed by atoms with Crippen molar-refractivity contribution < 1.29 is 23.0 Å². The molecule has 0 saturated heterocycles. The summed E-state index contributed by atoms with van der Waals surface area (Å²) >= 11 is 0. The second kappa shape index (κ2) is 4.87. The molecule has 1 aliphatic heterocycles. The molecule has 0 spiro atoms. The van der Waals surface area contributed by atoms with Gasteiger partial charge in [0.25, 0.3) is 0 Å². The lowest BCUT2D eigenvalue weighted by Crippen LogP contribution is -2.12. The molecule has 0 fully saturated rings. The van der Waals surface area contributed by atoms with E-state index in [2.05, 4.69) is 5.32 Å². The molecule has 0 saturated carbocycles. The molecular weight excluding hydrogens is 283 g/mol. The van der Waals surface area contributed by atoms with E-state index in [0.717, 1.165) is 17.7 Å². The predicted octanol–water partition coefficient (Wildman–Crippen LogP) is 3.96. The summed E-state index contributed by atoms with van der Waals surface area (Å²) in [5.74, 6) is 0.698. The topological polar surface area (TPSA) is 41.5 Å². The number of hydrogen-bond donors (Lipinski definition) is 2. The van der Waals surface area contributed by atoms with Gasteiger partial charge in [-0.25, -0.2) is 0 Å². The van der Waals surface area contributed by atoms with E-state index in [1.807, 2.05) is 0 Å². The summed E-state index contributed by atoms with van der Waals surface area (Å²) in [4.78, 5) is 0. The van der Waals surface area contributed by atoms with Gasteiger partial charge in [-0.05, 0) is 36.4 Å². The van der Waals surface area contributed by atoms with Crippen molar-refractivity contribution in [2.45, 2.75) is 12.2 Å². The minimum Gasteiger partial charge on any atom is -0.508 e. The van der Waals surface area contributed by atoms with Crippen LogP contribution in [0.5, 0.6) is 11.5 Å². The maximum Gasteiger partial charge on any atom is 0.416 e. The highest BCUT2D eigenvalue weighted by Crippen LogP contribution is 2.37. The molecule has 2 aromatic rings. The average molecular weight is 295 g/mol. The maximum absolute atomic E-state index is 12.5. The number of phenols is 1. The maximum atomic E-state index is 12.5. The quantitative estimate of drug-likeness (QED) is 0.881. The minimum atomic E-state index is -4.33. The van der Waals surface area contributed by atoms with Crippen molar-refractivity contribution in [2.24, 2.45) is 0 Å². The largest absolute Gasteiger partial charge is 0.508 e. The van der Waals surface area contributed by atoms with Crippen LogP contribution in [0, 0.1) is 0 Å². The fourth-order valence-electron chi connectivity index (χ4n) is 2.27. The Morgan fingerprint density at radius 3 is 2.48 bits per heavy atom. The zero-order valence-electron chi connectivity index (χ0n) is 10.8. The molecule has 1 unspecified atom stereocenters. The van der Waals surface area contributed by atoms with E-state index in [9.17, 15) is 18.3 Å². The van der Waals surface area contributed by atoms with Gasteiger partial charge in [-0.3, -0.25) is 0 Å². The average Bonchev–Trinajstić information content (AvgIpc) is 2.80. The van der Waals surface area contributed by atoms with Crippen LogP contribution in [0.2, 0.25) is 0 Å². The summed E-state index contributed by atoms with van der Waals surface area (Å²) in [6, 6.07) is 9.50. The summed E-state index contributed by atoms with van der Waals surface area (Å²) in [6.07, 6.45) is -4.33. The van der Waals surface area contributed by atoms with Gasteiger partial charge >= 0.3 is 6.18 Å². The molecule has 1 aliphatic rings. The first kappa shape index (κ1) is 13.6. The highest BCUT2D eigenvalue weighted by Gasteiger charge is 2.30. The lowest BCUT2D eigenvalue weighted by Gasteiger charge is -2.14. The van der Waals surface area contributed by atoms with Gasteiger partial charge in [-0.15, -0.1) is 0 Å². The monoisotopic (exact) mass is 295 g/mol. The molecule has 6 heteroatoms. The zero-order valence-corrected chi connectivity index (χ0v) is 10.8. The van der Waals surface area contributed by atoms with Gasteiger partial charge in [0.15, 0.2) is 0 Å². The number of benzene rings is 2. The Balaban J connectivity index is 1.77. The van der Waals surface area contributed by atoms with Crippen molar-refractivity contribution in [2.75, 3.05) is 11.9 Å². The number of hydrogen-bond acceptors (Lipinski definition) is 3. The van der Waals surface area contributed by atoms with Crippen molar-refractivity contribution in [3.8, 4) is 11.5 Å². The molecule has 0 aromatic heterocycles. The lowest BCUT2D eigenvalue weighted by molar-refractivity contribution is -0.137. The Morgan fingerprint density at radius 2 is 1.81 bits per heavy atom. The second-order valence-electron chi connectivity index (χ2n) is 4.81. The molecule has 2 N–H and O–H groups in total. The van der Waals surface area contributed by atoms with Gasteiger partial charge in [-0.1, -0.05) is 0 Å². The van der Waals surface area contributed by atoms with Gasteiger partial charge in [-0.2, -0.15) is 13.2 Å². The van der Waals surface area contributed by atoms with Crippen LogP contribution in [0.1, 0.15) is 17.2 Å². The van der Waals surface area contributed by atoms with Gasteiger partial charge < -0.3 is 15.2 Å². The van der Waals surface area contributed by atoms with Crippen molar-refractivity contribution in [1.82, 2.24) is 0 Å². The third-order valence-corrected chi connectivity index (χ3v) is 3.33. The van der Waals surface area contributed by atoms with E-state index >= 15 is 0 Å². The Bertz CT molecular complexity index is 653. The molecule has 21 heavy (non-hydrogen) atoms. The van der Waals surface area contributed by atoms with Crippen molar-refractivity contribution in [3.05, 3.63) is 53.6 Å². The zero-order chi connectivity index (χ0) is 15.0. The first-order chi connectivity index (χ1) is 9.93. The first-order valence-corrected chi connectivity index (χ1v) is 6.33. The van der Waals surface area contributed by atoms with Crippen LogP contribution in [0.15, 0.2) is 42.5 Å². The molecule has 1 atom stereocenters. The highest BCUT2D eigenvalue weighted by atomic mass is 19.4. The molecule has 3 nitrogen and oxygen atoms in total. The van der Waals surface area contributed by atoms with E-state index in [-0.39, 0.29) is 11.8 Å². The van der Waals surface area contributed by atoms with E-state index in [1.54, 1.807) is 12.1 Å². The Hall–Kier alpha value is -2.37. The predicted molar refractivity (Wildman–Crippen MR) is 71.4 cm³/mol. The van der Waals surface area contributed by atoms with Crippen molar-refractivity contribution in [3.63, 3.8) is 0 Å². The summed E-state index contributed by atoms with van der Waals surface area (Å²) < 4.78 is 42.9.